The third kappa shape index (κ3) is 2.05. The average Bonchev–Trinajstić information content (AvgIpc) is 2.07. The van der Waals surface area contributed by atoms with Crippen LogP contribution in [0.4, 0.5) is 0 Å². The van der Waals surface area contributed by atoms with Gasteiger partial charge in [0.05, 0.1) is 0 Å². The molecule has 0 saturated heterocycles. The van der Waals surface area contributed by atoms with E-state index >= 15 is 0 Å². The summed E-state index contributed by atoms with van der Waals surface area (Å²) in [6, 6.07) is 0. The number of ether oxygens (including phenoxy) is 1. The molecular weight excluding hydrogens is 156 g/mol. The zero-order valence-electron chi connectivity index (χ0n) is 6.66. The highest BCUT2D eigenvalue weighted by Crippen LogP contribution is 2.09. The van der Waals surface area contributed by atoms with E-state index in [4.69, 9.17) is 4.74 Å². The molecule has 0 bridgehead atoms. The molecule has 0 saturated carbocycles. The highest BCUT2D eigenvalue weighted by Gasteiger charge is 2.22. The van der Waals surface area contributed by atoms with Gasteiger partial charge in [-0.05, 0) is 18.9 Å². The van der Waals surface area contributed by atoms with Gasteiger partial charge in [-0.25, -0.2) is 4.79 Å². The molecule has 1 atom stereocenters. The first kappa shape index (κ1) is 8.71. The van der Waals surface area contributed by atoms with Crippen molar-refractivity contribution in [3.05, 3.63) is 24.8 Å². The molecule has 1 heterocycles. The van der Waals surface area contributed by atoms with Gasteiger partial charge < -0.3 is 4.74 Å². The molecule has 3 nitrogen and oxygen atoms in total. The van der Waals surface area contributed by atoms with Gasteiger partial charge in [-0.1, -0.05) is 6.08 Å². The number of esters is 1. The highest BCUT2D eigenvalue weighted by atomic mass is 16.5. The lowest BCUT2D eigenvalue weighted by Gasteiger charge is -2.15. The predicted octanol–water partition coefficient (Wildman–Crippen LogP) is 1.00. The van der Waals surface area contributed by atoms with E-state index in [0.29, 0.717) is 12.8 Å². The summed E-state index contributed by atoms with van der Waals surface area (Å²) < 4.78 is 4.78. The summed E-state index contributed by atoms with van der Waals surface area (Å²) in [5.74, 6) is -0.583. The summed E-state index contributed by atoms with van der Waals surface area (Å²) in [6.07, 6.45) is 4.71. The van der Waals surface area contributed by atoms with Crippen LogP contribution in [0.1, 0.15) is 12.8 Å². The number of hydrogen-bond acceptors (Lipinski definition) is 3. The minimum absolute atomic E-state index is 0.142. The molecule has 1 aliphatic heterocycles. The van der Waals surface area contributed by atoms with E-state index in [2.05, 4.69) is 6.58 Å². The summed E-state index contributed by atoms with van der Waals surface area (Å²) in [6.45, 7) is 3.52. The Morgan fingerprint density at radius 3 is 2.92 bits per heavy atom. The summed E-state index contributed by atoms with van der Waals surface area (Å²) in [5, 5.41) is 0. The maximum Gasteiger partial charge on any atom is 0.331 e. The number of hydrogen-bond donors (Lipinski definition) is 0. The van der Waals surface area contributed by atoms with Crippen LogP contribution in [-0.2, 0) is 14.3 Å². The molecule has 0 amide bonds. The molecule has 1 aliphatic rings. The van der Waals surface area contributed by atoms with Gasteiger partial charge in [0.25, 0.3) is 0 Å². The predicted molar refractivity (Wildman–Crippen MR) is 43.5 cm³/mol. The van der Waals surface area contributed by atoms with Crippen LogP contribution in [0.5, 0.6) is 0 Å². The third-order valence-corrected chi connectivity index (χ3v) is 1.59. The molecule has 0 aromatic carbocycles. The van der Waals surface area contributed by atoms with Gasteiger partial charge in [-0.3, -0.25) is 4.79 Å². The van der Waals surface area contributed by atoms with Crippen LogP contribution >= 0.6 is 0 Å². The summed E-state index contributed by atoms with van der Waals surface area (Å²) in [5.41, 5.74) is 0. The zero-order valence-corrected chi connectivity index (χ0v) is 6.66. The largest absolute Gasteiger partial charge is 0.451 e. The van der Waals surface area contributed by atoms with Crippen LogP contribution in [0.2, 0.25) is 0 Å². The van der Waals surface area contributed by atoms with E-state index in [0.717, 1.165) is 6.08 Å². The van der Waals surface area contributed by atoms with Crippen molar-refractivity contribution >= 4 is 11.8 Å². The minimum Gasteiger partial charge on any atom is -0.451 e. The quantitative estimate of drug-likeness (QED) is 0.464. The molecule has 64 valence electrons. The number of carbonyl (C=O) groups excluding carboxylic acids is 2. The van der Waals surface area contributed by atoms with Crippen LogP contribution in [0.3, 0.4) is 0 Å². The van der Waals surface area contributed by atoms with E-state index in [9.17, 15) is 9.59 Å². The standard InChI is InChI=1S/C9H10O3/c1-2-3-4-8-7(10)5-6-9(11)12-8/h2,5-6,8H,1,3-4H2. The lowest BCUT2D eigenvalue weighted by atomic mass is 10.1. The molecule has 0 aliphatic carbocycles. The van der Waals surface area contributed by atoms with Crippen molar-refractivity contribution in [3.8, 4) is 0 Å². The van der Waals surface area contributed by atoms with Crippen molar-refractivity contribution in [3.63, 3.8) is 0 Å². The molecule has 0 fully saturated rings. The van der Waals surface area contributed by atoms with Crippen molar-refractivity contribution in [2.75, 3.05) is 0 Å². The van der Waals surface area contributed by atoms with Gasteiger partial charge in [0, 0.05) is 6.08 Å². The average molecular weight is 166 g/mol. The normalized spacial score (nSPS) is 22.2. The van der Waals surface area contributed by atoms with Gasteiger partial charge in [0.1, 0.15) is 0 Å². The van der Waals surface area contributed by atoms with E-state index < -0.39 is 12.1 Å². The third-order valence-electron chi connectivity index (χ3n) is 1.59. The van der Waals surface area contributed by atoms with Crippen LogP contribution in [0.25, 0.3) is 0 Å². The van der Waals surface area contributed by atoms with Crippen LogP contribution in [0.15, 0.2) is 24.8 Å². The molecule has 0 aromatic rings. The smallest absolute Gasteiger partial charge is 0.331 e. The Morgan fingerprint density at radius 1 is 1.50 bits per heavy atom. The fourth-order valence-corrected chi connectivity index (χ4v) is 0.965. The number of cyclic esters (lactones) is 1. The zero-order chi connectivity index (χ0) is 8.97. The summed E-state index contributed by atoms with van der Waals surface area (Å²) in [7, 11) is 0. The summed E-state index contributed by atoms with van der Waals surface area (Å²) in [4.78, 5) is 21.7. The van der Waals surface area contributed by atoms with Gasteiger partial charge in [-0.15, -0.1) is 6.58 Å². The van der Waals surface area contributed by atoms with Gasteiger partial charge in [0.15, 0.2) is 11.9 Å². The number of allylic oxidation sites excluding steroid dienone is 1. The second-order valence-corrected chi connectivity index (χ2v) is 2.53. The lowest BCUT2D eigenvalue weighted by molar-refractivity contribution is -0.150. The Morgan fingerprint density at radius 2 is 2.25 bits per heavy atom. The van der Waals surface area contributed by atoms with Crippen LogP contribution in [-0.4, -0.2) is 17.9 Å². The first-order valence-electron chi connectivity index (χ1n) is 3.77. The maximum absolute atomic E-state index is 11.0. The molecule has 0 radical (unpaired) electrons. The topological polar surface area (TPSA) is 43.4 Å². The molecule has 1 unspecified atom stereocenters. The first-order chi connectivity index (χ1) is 5.74. The van der Waals surface area contributed by atoms with Gasteiger partial charge in [-0.2, -0.15) is 0 Å². The Kier molecular flexibility index (Phi) is 2.80. The van der Waals surface area contributed by atoms with Gasteiger partial charge in [0.2, 0.25) is 0 Å². The van der Waals surface area contributed by atoms with E-state index in [-0.39, 0.29) is 5.78 Å². The fourth-order valence-electron chi connectivity index (χ4n) is 0.965. The molecule has 3 heteroatoms. The summed E-state index contributed by atoms with van der Waals surface area (Å²) >= 11 is 0. The molecule has 1 rings (SSSR count). The van der Waals surface area contributed by atoms with Crippen molar-refractivity contribution in [1.82, 2.24) is 0 Å². The van der Waals surface area contributed by atoms with E-state index in [1.807, 2.05) is 0 Å². The van der Waals surface area contributed by atoms with E-state index in [1.54, 1.807) is 6.08 Å². The minimum atomic E-state index is -0.597. The maximum atomic E-state index is 11.0. The van der Waals surface area contributed by atoms with Crippen LogP contribution in [0, 0.1) is 0 Å². The second-order valence-electron chi connectivity index (χ2n) is 2.53. The molecular formula is C9H10O3. The Labute approximate surface area is 70.7 Å². The van der Waals surface area contributed by atoms with Gasteiger partial charge >= 0.3 is 5.97 Å². The van der Waals surface area contributed by atoms with Crippen molar-refractivity contribution < 1.29 is 14.3 Å². The number of rotatable bonds is 3. The fraction of sp³-hybridized carbons (Fsp3) is 0.333. The first-order valence-corrected chi connectivity index (χ1v) is 3.77. The number of ketones is 1. The Balaban J connectivity index is 2.53. The Hall–Kier alpha value is -1.38. The highest BCUT2D eigenvalue weighted by molar-refractivity contribution is 6.02. The Bertz CT molecular complexity index is 240. The van der Waals surface area contributed by atoms with Crippen molar-refractivity contribution in [1.29, 1.82) is 0 Å². The van der Waals surface area contributed by atoms with Crippen molar-refractivity contribution in [2.45, 2.75) is 18.9 Å². The van der Waals surface area contributed by atoms with E-state index in [1.165, 1.54) is 6.08 Å². The van der Waals surface area contributed by atoms with Crippen molar-refractivity contribution in [2.24, 2.45) is 0 Å². The van der Waals surface area contributed by atoms with Crippen LogP contribution < -0.4 is 0 Å². The lowest BCUT2D eigenvalue weighted by Crippen LogP contribution is -2.28. The second kappa shape index (κ2) is 3.85. The molecule has 0 aromatic heterocycles. The monoisotopic (exact) mass is 166 g/mol. The molecule has 12 heavy (non-hydrogen) atoms. The SMILES string of the molecule is C=CCCC1OC(=O)C=CC1=O. The number of carbonyl (C=O) groups is 2. The molecule has 0 N–H and O–H groups in total. The molecule has 0 spiro atoms.